The number of carbonyl (C=O) groups excluding carboxylic acids is 1. The first-order chi connectivity index (χ1) is 10.7. The molecule has 0 saturated carbocycles. The van der Waals surface area contributed by atoms with E-state index < -0.39 is 23.9 Å². The Labute approximate surface area is 133 Å². The smallest absolute Gasteiger partial charge is 0.391 e. The number of benzene rings is 1. The minimum atomic E-state index is -4.39. The van der Waals surface area contributed by atoms with E-state index in [1.54, 1.807) is 13.0 Å². The van der Waals surface area contributed by atoms with Gasteiger partial charge in [-0.1, -0.05) is 25.1 Å². The number of aliphatic hydroxyl groups is 1. The molecule has 1 N–H and O–H groups in total. The quantitative estimate of drug-likeness (QED) is 0.860. The molecule has 1 heterocycles. The summed E-state index contributed by atoms with van der Waals surface area (Å²) in [7, 11) is 0. The lowest BCUT2D eigenvalue weighted by molar-refractivity contribution is -0.137. The first kappa shape index (κ1) is 17.5. The van der Waals surface area contributed by atoms with Crippen LogP contribution in [0.15, 0.2) is 35.9 Å². The second-order valence-corrected chi connectivity index (χ2v) is 5.78. The maximum Gasteiger partial charge on any atom is 0.416 e. The van der Waals surface area contributed by atoms with E-state index in [2.05, 4.69) is 0 Å². The van der Waals surface area contributed by atoms with Crippen molar-refractivity contribution >= 4 is 5.91 Å². The van der Waals surface area contributed by atoms with E-state index in [0.29, 0.717) is 17.6 Å². The van der Waals surface area contributed by atoms with Crippen LogP contribution >= 0.6 is 0 Å². The van der Waals surface area contributed by atoms with Gasteiger partial charge in [-0.2, -0.15) is 13.2 Å². The Hall–Kier alpha value is -1.82. The summed E-state index contributed by atoms with van der Waals surface area (Å²) >= 11 is 0. The third kappa shape index (κ3) is 3.93. The molecule has 1 aliphatic rings. The highest BCUT2D eigenvalue weighted by molar-refractivity contribution is 5.93. The molecule has 1 aromatic carbocycles. The highest BCUT2D eigenvalue weighted by Gasteiger charge is 2.36. The summed E-state index contributed by atoms with van der Waals surface area (Å²) in [6, 6.07) is 4.38. The Morgan fingerprint density at radius 2 is 1.96 bits per heavy atom. The summed E-state index contributed by atoms with van der Waals surface area (Å²) in [6.45, 7) is 3.82. The summed E-state index contributed by atoms with van der Waals surface area (Å²) < 4.78 is 37.9. The molecule has 2 unspecified atom stereocenters. The fourth-order valence-corrected chi connectivity index (χ4v) is 2.87. The topological polar surface area (TPSA) is 40.5 Å². The minimum absolute atomic E-state index is 0.187. The van der Waals surface area contributed by atoms with E-state index in [1.165, 1.54) is 17.0 Å². The van der Waals surface area contributed by atoms with Crippen molar-refractivity contribution in [2.45, 2.75) is 45.0 Å². The number of alkyl halides is 3. The zero-order valence-electron chi connectivity index (χ0n) is 13.1. The normalized spacial score (nSPS) is 22.5. The molecule has 0 aliphatic carbocycles. The van der Waals surface area contributed by atoms with Gasteiger partial charge in [0.15, 0.2) is 0 Å². The number of likely N-dealkylation sites (tertiary alicyclic amines) is 1. The zero-order valence-corrected chi connectivity index (χ0v) is 13.1. The number of carbonyl (C=O) groups is 1. The van der Waals surface area contributed by atoms with Crippen LogP contribution in [0.5, 0.6) is 0 Å². The second kappa shape index (κ2) is 6.74. The Balaban J connectivity index is 2.26. The molecule has 0 spiro atoms. The van der Waals surface area contributed by atoms with Gasteiger partial charge in [0, 0.05) is 12.1 Å². The van der Waals surface area contributed by atoms with Crippen molar-refractivity contribution in [2.24, 2.45) is 0 Å². The largest absolute Gasteiger partial charge is 0.416 e. The van der Waals surface area contributed by atoms with Gasteiger partial charge in [0.05, 0.1) is 17.7 Å². The highest BCUT2D eigenvalue weighted by Crippen LogP contribution is 2.35. The molecule has 2 atom stereocenters. The standard InChI is InChI=1S/C17H20F3NO2/c1-3-4-11(2)16(23)21-10-14(22)9-15(21)12-5-7-13(8-6-12)17(18,19)20/h4-8,14-15,22H,3,9-10H2,1-2H3/b11-4-. The van der Waals surface area contributed by atoms with Gasteiger partial charge >= 0.3 is 6.18 Å². The van der Waals surface area contributed by atoms with Crippen LogP contribution in [0.4, 0.5) is 13.2 Å². The Kier molecular flexibility index (Phi) is 5.14. The summed E-state index contributed by atoms with van der Waals surface area (Å²) in [6.07, 6.45) is -2.20. The summed E-state index contributed by atoms with van der Waals surface area (Å²) in [5, 5.41) is 9.88. The average molecular weight is 327 g/mol. The number of nitrogens with zero attached hydrogens (tertiary/aromatic N) is 1. The predicted molar refractivity (Wildman–Crippen MR) is 80.6 cm³/mol. The average Bonchev–Trinajstić information content (AvgIpc) is 2.88. The fraction of sp³-hybridized carbons (Fsp3) is 0.471. The van der Waals surface area contributed by atoms with Crippen molar-refractivity contribution in [3.05, 3.63) is 47.0 Å². The Morgan fingerprint density at radius 3 is 2.48 bits per heavy atom. The molecule has 6 heteroatoms. The maximum absolute atomic E-state index is 12.6. The minimum Gasteiger partial charge on any atom is -0.391 e. The highest BCUT2D eigenvalue weighted by atomic mass is 19.4. The molecule has 2 rings (SSSR count). The number of hydrogen-bond donors (Lipinski definition) is 1. The number of amides is 1. The molecular weight excluding hydrogens is 307 g/mol. The molecule has 126 valence electrons. The van der Waals surface area contributed by atoms with Gasteiger partial charge < -0.3 is 10.0 Å². The van der Waals surface area contributed by atoms with Crippen LogP contribution in [0.3, 0.4) is 0 Å². The van der Waals surface area contributed by atoms with Crippen LogP contribution in [-0.4, -0.2) is 28.6 Å². The Morgan fingerprint density at radius 1 is 1.35 bits per heavy atom. The van der Waals surface area contributed by atoms with Crippen molar-refractivity contribution in [2.75, 3.05) is 6.54 Å². The monoisotopic (exact) mass is 327 g/mol. The van der Waals surface area contributed by atoms with Crippen molar-refractivity contribution in [3.63, 3.8) is 0 Å². The van der Waals surface area contributed by atoms with Crippen LogP contribution in [0, 0.1) is 0 Å². The van der Waals surface area contributed by atoms with Crippen molar-refractivity contribution in [3.8, 4) is 0 Å². The van der Waals surface area contributed by atoms with Crippen LogP contribution in [0.25, 0.3) is 0 Å². The third-order valence-electron chi connectivity index (χ3n) is 4.01. The van der Waals surface area contributed by atoms with E-state index in [0.717, 1.165) is 18.6 Å². The lowest BCUT2D eigenvalue weighted by Crippen LogP contribution is -2.32. The third-order valence-corrected chi connectivity index (χ3v) is 4.01. The summed E-state index contributed by atoms with van der Waals surface area (Å²) in [5.41, 5.74) is 0.463. The van der Waals surface area contributed by atoms with Crippen LogP contribution in [-0.2, 0) is 11.0 Å². The number of β-amino-alcohol motifs (C(OH)–C–C–N with tert-alkyl or cyclic N) is 1. The van der Waals surface area contributed by atoms with Gasteiger partial charge in [0.25, 0.3) is 0 Å². The number of aliphatic hydroxyl groups excluding tert-OH is 1. The second-order valence-electron chi connectivity index (χ2n) is 5.78. The van der Waals surface area contributed by atoms with E-state index in [9.17, 15) is 23.1 Å². The lowest BCUT2D eigenvalue weighted by atomic mass is 10.0. The fourth-order valence-electron chi connectivity index (χ4n) is 2.87. The van der Waals surface area contributed by atoms with Gasteiger partial charge in [-0.3, -0.25) is 4.79 Å². The number of allylic oxidation sites excluding steroid dienone is 1. The van der Waals surface area contributed by atoms with E-state index >= 15 is 0 Å². The molecule has 1 amide bonds. The van der Waals surface area contributed by atoms with Crippen molar-refractivity contribution < 1.29 is 23.1 Å². The van der Waals surface area contributed by atoms with Gasteiger partial charge in [-0.15, -0.1) is 0 Å². The first-order valence-corrected chi connectivity index (χ1v) is 7.57. The molecular formula is C17H20F3NO2. The number of rotatable bonds is 3. The van der Waals surface area contributed by atoms with Crippen molar-refractivity contribution in [1.29, 1.82) is 0 Å². The molecule has 1 fully saturated rings. The zero-order chi connectivity index (χ0) is 17.2. The molecule has 3 nitrogen and oxygen atoms in total. The predicted octanol–water partition coefficient (Wildman–Crippen LogP) is 3.70. The molecule has 1 aliphatic heterocycles. The van der Waals surface area contributed by atoms with Gasteiger partial charge in [-0.05, 0) is 37.5 Å². The number of halogens is 3. The lowest BCUT2D eigenvalue weighted by Gasteiger charge is -2.25. The van der Waals surface area contributed by atoms with Crippen molar-refractivity contribution in [1.82, 2.24) is 4.90 Å². The van der Waals surface area contributed by atoms with Gasteiger partial charge in [0.2, 0.25) is 5.91 Å². The Bertz CT molecular complexity index is 593. The van der Waals surface area contributed by atoms with Crippen LogP contribution in [0.1, 0.15) is 43.9 Å². The maximum atomic E-state index is 12.6. The van der Waals surface area contributed by atoms with Crippen LogP contribution < -0.4 is 0 Å². The van der Waals surface area contributed by atoms with Crippen LogP contribution in [0.2, 0.25) is 0 Å². The summed E-state index contributed by atoms with van der Waals surface area (Å²) in [5.74, 6) is -0.187. The van der Waals surface area contributed by atoms with Gasteiger partial charge in [-0.25, -0.2) is 0 Å². The molecule has 1 aromatic rings. The molecule has 0 aromatic heterocycles. The van der Waals surface area contributed by atoms with E-state index in [4.69, 9.17) is 0 Å². The molecule has 0 bridgehead atoms. The number of hydrogen-bond acceptors (Lipinski definition) is 2. The molecule has 0 radical (unpaired) electrons. The van der Waals surface area contributed by atoms with E-state index in [1.807, 2.05) is 6.92 Å². The molecule has 23 heavy (non-hydrogen) atoms. The van der Waals surface area contributed by atoms with Gasteiger partial charge in [0.1, 0.15) is 0 Å². The van der Waals surface area contributed by atoms with E-state index in [-0.39, 0.29) is 12.5 Å². The summed E-state index contributed by atoms with van der Waals surface area (Å²) in [4.78, 5) is 14.0. The first-order valence-electron chi connectivity index (χ1n) is 7.57. The molecule has 1 saturated heterocycles. The SMILES string of the molecule is CC/C=C(/C)C(=O)N1CC(O)CC1c1ccc(C(F)(F)F)cc1.